The van der Waals surface area contributed by atoms with Gasteiger partial charge in [-0.2, -0.15) is 0 Å². The van der Waals surface area contributed by atoms with Crippen LogP contribution in [-0.4, -0.2) is 21.4 Å². The highest BCUT2D eigenvalue weighted by Gasteiger charge is 2.13. The van der Waals surface area contributed by atoms with E-state index in [0.29, 0.717) is 0 Å². The molecule has 0 aliphatic carbocycles. The number of thioether (sulfide) groups is 1. The van der Waals surface area contributed by atoms with Crippen molar-refractivity contribution in [1.29, 1.82) is 0 Å². The van der Waals surface area contributed by atoms with Gasteiger partial charge in [0.2, 0.25) is 0 Å². The summed E-state index contributed by atoms with van der Waals surface area (Å²) in [7, 11) is 0. The molecule has 0 saturated heterocycles. The molecule has 0 aliphatic heterocycles. The van der Waals surface area contributed by atoms with E-state index < -0.39 is 0 Å². The summed E-state index contributed by atoms with van der Waals surface area (Å²) in [4.78, 5) is 0. The number of ether oxygens (including phenoxy) is 1. The molecule has 0 spiro atoms. The minimum absolute atomic E-state index is 0.755. The van der Waals surface area contributed by atoms with Gasteiger partial charge in [0.05, 0.1) is 6.61 Å². The van der Waals surface area contributed by atoms with Crippen LogP contribution >= 0.6 is 23.4 Å². The maximum atomic E-state index is 5.95. The zero-order chi connectivity index (χ0) is 19.1. The fourth-order valence-electron chi connectivity index (χ4n) is 2.66. The van der Waals surface area contributed by atoms with E-state index in [-0.39, 0.29) is 0 Å². The SMILES string of the molecule is CCCCOc1ccc(-c2nnc(SCc3ccc(Cl)cc3)n2CC)cc1. The predicted molar refractivity (Wildman–Crippen MR) is 113 cm³/mol. The molecule has 1 aromatic heterocycles. The molecule has 0 bridgehead atoms. The first-order chi connectivity index (χ1) is 13.2. The zero-order valence-electron chi connectivity index (χ0n) is 15.7. The van der Waals surface area contributed by atoms with Gasteiger partial charge in [0.15, 0.2) is 11.0 Å². The lowest BCUT2D eigenvalue weighted by molar-refractivity contribution is 0.309. The van der Waals surface area contributed by atoms with Crippen molar-refractivity contribution in [2.45, 2.75) is 44.1 Å². The maximum Gasteiger partial charge on any atom is 0.191 e. The van der Waals surface area contributed by atoms with Gasteiger partial charge in [-0.3, -0.25) is 0 Å². The zero-order valence-corrected chi connectivity index (χ0v) is 17.3. The van der Waals surface area contributed by atoms with E-state index in [1.54, 1.807) is 11.8 Å². The van der Waals surface area contributed by atoms with Crippen LogP contribution in [0.2, 0.25) is 5.02 Å². The van der Waals surface area contributed by atoms with E-state index in [9.17, 15) is 0 Å². The van der Waals surface area contributed by atoms with E-state index >= 15 is 0 Å². The number of hydrogen-bond acceptors (Lipinski definition) is 4. The van der Waals surface area contributed by atoms with Gasteiger partial charge in [-0.1, -0.05) is 48.8 Å². The molecule has 3 rings (SSSR count). The first-order valence-corrected chi connectivity index (χ1v) is 10.6. The van der Waals surface area contributed by atoms with Crippen molar-refractivity contribution in [2.75, 3.05) is 6.61 Å². The summed E-state index contributed by atoms with van der Waals surface area (Å²) in [6.45, 7) is 5.85. The Balaban J connectivity index is 1.70. The van der Waals surface area contributed by atoms with Gasteiger partial charge in [-0.05, 0) is 55.3 Å². The number of halogens is 1. The van der Waals surface area contributed by atoms with Crippen LogP contribution in [0.25, 0.3) is 11.4 Å². The summed E-state index contributed by atoms with van der Waals surface area (Å²) in [5, 5.41) is 10.5. The predicted octanol–water partition coefficient (Wildman–Crippen LogP) is 6.09. The number of benzene rings is 2. The molecule has 0 atom stereocenters. The average molecular weight is 402 g/mol. The third-order valence-electron chi connectivity index (χ3n) is 4.19. The molecule has 1 heterocycles. The molecule has 0 unspecified atom stereocenters. The molecule has 0 amide bonds. The van der Waals surface area contributed by atoms with Gasteiger partial charge in [0.1, 0.15) is 5.75 Å². The Bertz CT molecular complexity index is 847. The molecule has 0 N–H and O–H groups in total. The van der Waals surface area contributed by atoms with Crippen molar-refractivity contribution in [3.63, 3.8) is 0 Å². The monoisotopic (exact) mass is 401 g/mol. The first kappa shape index (κ1) is 19.8. The van der Waals surface area contributed by atoms with Crippen molar-refractivity contribution in [2.24, 2.45) is 0 Å². The molecule has 27 heavy (non-hydrogen) atoms. The number of aromatic nitrogens is 3. The lowest BCUT2D eigenvalue weighted by Gasteiger charge is -2.09. The second-order valence-corrected chi connectivity index (χ2v) is 7.57. The van der Waals surface area contributed by atoms with Gasteiger partial charge in [-0.25, -0.2) is 0 Å². The Morgan fingerprint density at radius 3 is 2.41 bits per heavy atom. The highest BCUT2D eigenvalue weighted by atomic mass is 35.5. The van der Waals surface area contributed by atoms with Gasteiger partial charge < -0.3 is 9.30 Å². The van der Waals surface area contributed by atoms with Crippen LogP contribution in [0.3, 0.4) is 0 Å². The van der Waals surface area contributed by atoms with Crippen LogP contribution in [0.15, 0.2) is 53.7 Å². The van der Waals surface area contributed by atoms with E-state index in [1.807, 2.05) is 48.5 Å². The number of hydrogen-bond donors (Lipinski definition) is 0. The Hall–Kier alpha value is -1.98. The second kappa shape index (κ2) is 9.81. The fraction of sp³-hybridized carbons (Fsp3) is 0.333. The first-order valence-electron chi connectivity index (χ1n) is 9.25. The van der Waals surface area contributed by atoms with E-state index in [1.165, 1.54) is 5.56 Å². The van der Waals surface area contributed by atoms with Crippen LogP contribution < -0.4 is 4.74 Å². The lowest BCUT2D eigenvalue weighted by Crippen LogP contribution is -2.00. The molecule has 142 valence electrons. The molecule has 0 fully saturated rings. The molecular weight excluding hydrogens is 378 g/mol. The van der Waals surface area contributed by atoms with Gasteiger partial charge >= 0.3 is 0 Å². The summed E-state index contributed by atoms with van der Waals surface area (Å²) < 4.78 is 7.89. The molecule has 6 heteroatoms. The molecule has 3 aromatic rings. The van der Waals surface area contributed by atoms with Crippen molar-refractivity contribution in [3.8, 4) is 17.1 Å². The van der Waals surface area contributed by atoms with Crippen molar-refractivity contribution in [3.05, 3.63) is 59.1 Å². The standard InChI is InChI=1S/C21H24ClN3OS/c1-3-5-14-26-19-12-8-17(9-13-19)20-23-24-21(25(20)4-2)27-15-16-6-10-18(22)11-7-16/h6-13H,3-5,14-15H2,1-2H3. The van der Waals surface area contributed by atoms with E-state index in [2.05, 4.69) is 28.6 Å². The van der Waals surface area contributed by atoms with Gasteiger partial charge in [0, 0.05) is 22.9 Å². The highest BCUT2D eigenvalue weighted by molar-refractivity contribution is 7.98. The number of rotatable bonds is 9. The Morgan fingerprint density at radius 1 is 1.00 bits per heavy atom. The third kappa shape index (κ3) is 5.27. The van der Waals surface area contributed by atoms with Crippen molar-refractivity contribution < 1.29 is 4.74 Å². The quantitative estimate of drug-likeness (QED) is 0.321. The second-order valence-electron chi connectivity index (χ2n) is 6.19. The molecular formula is C21H24ClN3OS. The summed E-state index contributed by atoms with van der Waals surface area (Å²) in [5.41, 5.74) is 2.26. The summed E-state index contributed by atoms with van der Waals surface area (Å²) in [6, 6.07) is 16.0. The van der Waals surface area contributed by atoms with Gasteiger partial charge in [-0.15, -0.1) is 10.2 Å². The molecule has 0 radical (unpaired) electrons. The Morgan fingerprint density at radius 2 is 1.74 bits per heavy atom. The lowest BCUT2D eigenvalue weighted by atomic mass is 10.2. The average Bonchev–Trinajstić information content (AvgIpc) is 3.11. The van der Waals surface area contributed by atoms with Crippen LogP contribution in [-0.2, 0) is 12.3 Å². The Labute approximate surface area is 169 Å². The van der Waals surface area contributed by atoms with E-state index in [4.69, 9.17) is 16.3 Å². The van der Waals surface area contributed by atoms with Gasteiger partial charge in [0.25, 0.3) is 0 Å². The number of unbranched alkanes of at least 4 members (excludes halogenated alkanes) is 1. The fourth-order valence-corrected chi connectivity index (χ4v) is 3.74. The number of nitrogens with zero attached hydrogens (tertiary/aromatic N) is 3. The highest BCUT2D eigenvalue weighted by Crippen LogP contribution is 2.27. The molecule has 0 saturated carbocycles. The maximum absolute atomic E-state index is 5.95. The van der Waals surface area contributed by atoms with Crippen LogP contribution in [0, 0.1) is 0 Å². The van der Waals surface area contributed by atoms with Crippen LogP contribution in [0.5, 0.6) is 5.75 Å². The van der Waals surface area contributed by atoms with Crippen molar-refractivity contribution in [1.82, 2.24) is 14.8 Å². The molecule has 0 aliphatic rings. The molecule has 4 nitrogen and oxygen atoms in total. The molecule has 2 aromatic carbocycles. The van der Waals surface area contributed by atoms with Crippen LogP contribution in [0.4, 0.5) is 0 Å². The summed E-state index contributed by atoms with van der Waals surface area (Å²) in [6.07, 6.45) is 2.20. The topological polar surface area (TPSA) is 39.9 Å². The third-order valence-corrected chi connectivity index (χ3v) is 5.48. The normalized spacial score (nSPS) is 10.9. The van der Waals surface area contributed by atoms with Crippen molar-refractivity contribution >= 4 is 23.4 Å². The van der Waals surface area contributed by atoms with Crippen LogP contribution in [0.1, 0.15) is 32.3 Å². The van der Waals surface area contributed by atoms with E-state index in [0.717, 1.165) is 59.1 Å². The summed E-state index contributed by atoms with van der Waals surface area (Å²) in [5.74, 6) is 2.61. The minimum Gasteiger partial charge on any atom is -0.494 e. The summed E-state index contributed by atoms with van der Waals surface area (Å²) >= 11 is 7.64. The smallest absolute Gasteiger partial charge is 0.191 e. The Kier molecular flexibility index (Phi) is 7.18. The minimum atomic E-state index is 0.755. The largest absolute Gasteiger partial charge is 0.494 e.